The van der Waals surface area contributed by atoms with E-state index in [2.05, 4.69) is 66.8 Å². The summed E-state index contributed by atoms with van der Waals surface area (Å²) in [6, 6.07) is 18.7. The molecule has 1 heterocycles. The van der Waals surface area contributed by atoms with Gasteiger partial charge in [0.1, 0.15) is 0 Å². The molecule has 4 aromatic carbocycles. The van der Waals surface area contributed by atoms with Crippen molar-refractivity contribution in [1.29, 1.82) is 0 Å². The van der Waals surface area contributed by atoms with Crippen LogP contribution >= 0.6 is 0 Å². The lowest BCUT2D eigenvalue weighted by Gasteiger charge is -2.36. The molecule has 0 aromatic heterocycles. The molecule has 0 saturated carbocycles. The highest BCUT2D eigenvalue weighted by Crippen LogP contribution is 2.54. The third-order valence-electron chi connectivity index (χ3n) is 5.56. The standard InChI is InChI=1S/C21H15N/c1-11-9-17-16-10-14-6-5-12-3-2-4-13-7-8-15(19(14)18(12)13)20(16)21(17)22-11/h2-10,17,21-22H,1H3. The highest BCUT2D eigenvalue weighted by molar-refractivity contribution is 6.24. The second-order valence-electron chi connectivity index (χ2n) is 6.73. The predicted octanol–water partition coefficient (Wildman–Crippen LogP) is 5.23. The van der Waals surface area contributed by atoms with Crippen molar-refractivity contribution in [2.45, 2.75) is 18.9 Å². The normalized spacial score (nSPS) is 22.5. The van der Waals surface area contributed by atoms with Gasteiger partial charge in [0.05, 0.1) is 6.04 Å². The van der Waals surface area contributed by atoms with Gasteiger partial charge in [-0.3, -0.25) is 0 Å². The fourth-order valence-electron chi connectivity index (χ4n) is 4.65. The molecule has 104 valence electrons. The Hall–Kier alpha value is -2.54. The fourth-order valence-corrected chi connectivity index (χ4v) is 4.65. The second kappa shape index (κ2) is 3.44. The maximum atomic E-state index is 3.64. The zero-order valence-electron chi connectivity index (χ0n) is 12.4. The summed E-state index contributed by atoms with van der Waals surface area (Å²) in [4.78, 5) is 0. The number of benzene rings is 4. The summed E-state index contributed by atoms with van der Waals surface area (Å²) in [6.45, 7) is 2.17. The summed E-state index contributed by atoms with van der Waals surface area (Å²) >= 11 is 0. The Morgan fingerprint density at radius 1 is 0.864 bits per heavy atom. The minimum Gasteiger partial charge on any atom is -0.381 e. The first-order valence-corrected chi connectivity index (χ1v) is 7.96. The van der Waals surface area contributed by atoms with Gasteiger partial charge < -0.3 is 5.32 Å². The van der Waals surface area contributed by atoms with Gasteiger partial charge >= 0.3 is 0 Å². The van der Waals surface area contributed by atoms with Gasteiger partial charge in [-0.25, -0.2) is 0 Å². The number of hydrogen-bond acceptors (Lipinski definition) is 1. The summed E-state index contributed by atoms with van der Waals surface area (Å²) in [6.07, 6.45) is 2.38. The highest BCUT2D eigenvalue weighted by atomic mass is 15.0. The summed E-state index contributed by atoms with van der Waals surface area (Å²) in [7, 11) is 0. The molecule has 0 amide bonds. The maximum absolute atomic E-state index is 3.64. The van der Waals surface area contributed by atoms with Crippen LogP contribution in [-0.2, 0) is 0 Å². The summed E-state index contributed by atoms with van der Waals surface area (Å²) in [5.41, 5.74) is 4.34. The lowest BCUT2D eigenvalue weighted by Crippen LogP contribution is -2.28. The predicted molar refractivity (Wildman–Crippen MR) is 92.5 cm³/mol. The topological polar surface area (TPSA) is 12.0 Å². The van der Waals surface area contributed by atoms with E-state index >= 15 is 0 Å². The van der Waals surface area contributed by atoms with Crippen LogP contribution in [0.2, 0.25) is 0 Å². The zero-order chi connectivity index (χ0) is 14.4. The van der Waals surface area contributed by atoms with Crippen LogP contribution in [-0.4, -0.2) is 0 Å². The first kappa shape index (κ1) is 11.1. The van der Waals surface area contributed by atoms with Gasteiger partial charge in [0.2, 0.25) is 0 Å². The molecule has 1 aliphatic heterocycles. The molecular weight excluding hydrogens is 266 g/mol. The van der Waals surface area contributed by atoms with Crippen LogP contribution in [0.5, 0.6) is 0 Å². The molecule has 0 fully saturated rings. The van der Waals surface area contributed by atoms with Crippen LogP contribution < -0.4 is 5.32 Å². The average molecular weight is 281 g/mol. The van der Waals surface area contributed by atoms with Crippen molar-refractivity contribution in [3.8, 4) is 0 Å². The second-order valence-corrected chi connectivity index (χ2v) is 6.73. The molecule has 0 bridgehead atoms. The van der Waals surface area contributed by atoms with Crippen LogP contribution in [0, 0.1) is 0 Å². The molecule has 1 nitrogen and oxygen atoms in total. The molecule has 1 heteroatoms. The van der Waals surface area contributed by atoms with E-state index in [0.29, 0.717) is 12.0 Å². The molecule has 2 atom stereocenters. The monoisotopic (exact) mass is 281 g/mol. The molecular formula is C21H15N. The van der Waals surface area contributed by atoms with Gasteiger partial charge in [-0.05, 0) is 50.4 Å². The number of allylic oxidation sites excluding steroid dienone is 1. The van der Waals surface area contributed by atoms with E-state index in [0.717, 1.165) is 0 Å². The highest BCUT2D eigenvalue weighted by Gasteiger charge is 2.41. The number of fused-ring (bicyclic) bond motifs is 5. The Kier molecular flexibility index (Phi) is 1.73. The van der Waals surface area contributed by atoms with Gasteiger partial charge in [-0.1, -0.05) is 54.6 Å². The van der Waals surface area contributed by atoms with E-state index < -0.39 is 0 Å². The van der Waals surface area contributed by atoms with E-state index in [1.807, 2.05) is 0 Å². The maximum Gasteiger partial charge on any atom is 0.0623 e. The molecule has 22 heavy (non-hydrogen) atoms. The van der Waals surface area contributed by atoms with E-state index in [4.69, 9.17) is 0 Å². The molecule has 4 aromatic rings. The Labute approximate surface area is 128 Å². The van der Waals surface area contributed by atoms with E-state index in [-0.39, 0.29) is 0 Å². The minimum absolute atomic E-state index is 0.486. The van der Waals surface area contributed by atoms with Crippen molar-refractivity contribution < 1.29 is 0 Å². The van der Waals surface area contributed by atoms with Crippen LogP contribution in [0.15, 0.2) is 60.3 Å². The number of hydrogen-bond donors (Lipinski definition) is 1. The molecule has 0 spiro atoms. The molecule has 6 rings (SSSR count). The van der Waals surface area contributed by atoms with E-state index in [1.54, 1.807) is 0 Å². The van der Waals surface area contributed by atoms with Crippen LogP contribution in [0.3, 0.4) is 0 Å². The van der Waals surface area contributed by atoms with Crippen molar-refractivity contribution in [3.05, 3.63) is 71.4 Å². The zero-order valence-corrected chi connectivity index (χ0v) is 12.4. The van der Waals surface area contributed by atoms with Crippen LogP contribution in [0.4, 0.5) is 0 Å². The van der Waals surface area contributed by atoms with Crippen LogP contribution in [0.1, 0.15) is 30.0 Å². The Balaban J connectivity index is 1.83. The quantitative estimate of drug-likeness (QED) is 0.435. The van der Waals surface area contributed by atoms with Crippen molar-refractivity contribution >= 4 is 32.3 Å². The molecule has 1 N–H and O–H groups in total. The molecule has 0 saturated heterocycles. The third kappa shape index (κ3) is 1.10. The van der Waals surface area contributed by atoms with Gasteiger partial charge in [0.25, 0.3) is 0 Å². The van der Waals surface area contributed by atoms with Gasteiger partial charge in [0, 0.05) is 11.6 Å². The minimum atomic E-state index is 0.486. The third-order valence-corrected chi connectivity index (χ3v) is 5.56. The van der Waals surface area contributed by atoms with Crippen molar-refractivity contribution in [1.82, 2.24) is 5.32 Å². The fraction of sp³-hybridized carbons (Fsp3) is 0.143. The summed E-state index contributed by atoms with van der Waals surface area (Å²) in [5, 5.41) is 12.0. The Morgan fingerprint density at radius 2 is 1.64 bits per heavy atom. The first-order valence-electron chi connectivity index (χ1n) is 7.96. The van der Waals surface area contributed by atoms with Crippen molar-refractivity contribution in [2.75, 3.05) is 0 Å². The number of nitrogens with one attached hydrogen (secondary N) is 1. The summed E-state index contributed by atoms with van der Waals surface area (Å²) in [5.74, 6) is 0.567. The van der Waals surface area contributed by atoms with Crippen LogP contribution in [0.25, 0.3) is 32.3 Å². The smallest absolute Gasteiger partial charge is 0.0623 e. The Bertz CT molecular complexity index is 1100. The lowest BCUT2D eigenvalue weighted by molar-refractivity contribution is 0.530. The lowest BCUT2D eigenvalue weighted by atomic mass is 9.71. The first-order chi connectivity index (χ1) is 10.8. The molecule has 0 radical (unpaired) electrons. The Morgan fingerprint density at radius 3 is 2.50 bits per heavy atom. The largest absolute Gasteiger partial charge is 0.381 e. The SMILES string of the molecule is CC1=CC2c3cc4ccc5cccc6ccc(c3C2N1)c4c56. The molecule has 1 aliphatic carbocycles. The van der Waals surface area contributed by atoms with Crippen molar-refractivity contribution in [3.63, 3.8) is 0 Å². The van der Waals surface area contributed by atoms with Gasteiger partial charge in [0.15, 0.2) is 0 Å². The summed E-state index contributed by atoms with van der Waals surface area (Å²) < 4.78 is 0. The average Bonchev–Trinajstić information content (AvgIpc) is 2.87. The van der Waals surface area contributed by atoms with Crippen molar-refractivity contribution in [2.24, 2.45) is 0 Å². The van der Waals surface area contributed by atoms with Gasteiger partial charge in [-0.2, -0.15) is 0 Å². The van der Waals surface area contributed by atoms with E-state index in [1.165, 1.54) is 49.1 Å². The molecule has 2 aliphatic rings. The number of rotatable bonds is 0. The van der Waals surface area contributed by atoms with E-state index in [9.17, 15) is 0 Å². The van der Waals surface area contributed by atoms with Gasteiger partial charge in [-0.15, -0.1) is 0 Å². The molecule has 2 unspecified atom stereocenters.